The minimum Gasteiger partial charge on any atom is -0.382 e. The van der Waals surface area contributed by atoms with E-state index in [9.17, 15) is 4.79 Å². The second kappa shape index (κ2) is 9.66. The highest BCUT2D eigenvalue weighted by Gasteiger charge is 2.35. The molecule has 0 bridgehead atoms. The lowest BCUT2D eigenvalue weighted by Gasteiger charge is -2.23. The van der Waals surface area contributed by atoms with Crippen LogP contribution in [-0.2, 0) is 4.74 Å². The number of amidine groups is 1. The average Bonchev–Trinajstić information content (AvgIpc) is 2.99. The van der Waals surface area contributed by atoms with Crippen molar-refractivity contribution in [2.45, 2.75) is 32.7 Å². The second-order valence-corrected chi connectivity index (χ2v) is 7.22. The van der Waals surface area contributed by atoms with Crippen molar-refractivity contribution >= 4 is 46.0 Å². The Morgan fingerprint density at radius 3 is 2.92 bits per heavy atom. The predicted octanol–water partition coefficient (Wildman–Crippen LogP) is 4.74. The number of benzene rings is 1. The molecule has 1 aliphatic heterocycles. The maximum Gasteiger partial charge on any atom is 0.261 e. The van der Waals surface area contributed by atoms with Gasteiger partial charge in [-0.2, -0.15) is 0 Å². The monoisotopic (exact) mass is 388 g/mol. The number of nitrogens with zero attached hydrogens (tertiary/aromatic N) is 2. The number of carbonyl (C=O) groups is 1. The summed E-state index contributed by atoms with van der Waals surface area (Å²) in [7, 11) is 0. The molecule has 0 aliphatic carbocycles. The van der Waals surface area contributed by atoms with Gasteiger partial charge in [0.1, 0.15) is 0 Å². The quantitative estimate of drug-likeness (QED) is 0.633. The van der Waals surface area contributed by atoms with Crippen LogP contribution in [0, 0.1) is 0 Å². The zero-order valence-corrected chi connectivity index (χ0v) is 16.3. The largest absolute Gasteiger partial charge is 0.382 e. The van der Waals surface area contributed by atoms with Gasteiger partial charge >= 0.3 is 0 Å². The van der Waals surface area contributed by atoms with Gasteiger partial charge in [0.15, 0.2) is 5.17 Å². The fourth-order valence-electron chi connectivity index (χ4n) is 2.42. The summed E-state index contributed by atoms with van der Waals surface area (Å²) >= 11 is 13.8. The first-order valence-corrected chi connectivity index (χ1v) is 9.86. The fraction of sp³-hybridized carbons (Fsp3) is 0.529. The molecule has 1 fully saturated rings. The van der Waals surface area contributed by atoms with E-state index in [1.165, 1.54) is 0 Å². The molecule has 1 aromatic carbocycles. The van der Waals surface area contributed by atoms with Crippen LogP contribution in [0.25, 0.3) is 0 Å². The first kappa shape index (κ1) is 19.6. The zero-order valence-electron chi connectivity index (χ0n) is 13.9. The highest BCUT2D eigenvalue weighted by Crippen LogP contribution is 2.30. The molecule has 1 saturated heterocycles. The lowest BCUT2D eigenvalue weighted by Crippen LogP contribution is -2.39. The minimum absolute atomic E-state index is 0.128. The Balaban J connectivity index is 2.17. The summed E-state index contributed by atoms with van der Waals surface area (Å²) < 4.78 is 5.32. The van der Waals surface area contributed by atoms with Crippen LogP contribution in [0.3, 0.4) is 0 Å². The Labute approximate surface area is 157 Å². The lowest BCUT2D eigenvalue weighted by molar-refractivity contribution is 0.0819. The Bertz CT molecular complexity index is 610. The van der Waals surface area contributed by atoms with Gasteiger partial charge < -0.3 is 4.74 Å². The van der Waals surface area contributed by atoms with Crippen LogP contribution >= 0.6 is 35.0 Å². The molecule has 132 valence electrons. The van der Waals surface area contributed by atoms with Gasteiger partial charge in [-0.15, -0.1) is 0 Å². The van der Waals surface area contributed by atoms with Crippen molar-refractivity contribution in [2.75, 3.05) is 25.5 Å². The van der Waals surface area contributed by atoms with Crippen molar-refractivity contribution in [3.8, 4) is 0 Å². The molecule has 1 heterocycles. The van der Waals surface area contributed by atoms with Gasteiger partial charge in [0, 0.05) is 36.6 Å². The molecule has 0 N–H and O–H groups in total. The molecule has 1 amide bonds. The van der Waals surface area contributed by atoms with E-state index in [2.05, 4.69) is 11.9 Å². The molecule has 4 nitrogen and oxygen atoms in total. The molecule has 24 heavy (non-hydrogen) atoms. The summed E-state index contributed by atoms with van der Waals surface area (Å²) in [5.74, 6) is 0.716. The van der Waals surface area contributed by atoms with Gasteiger partial charge in [-0.25, -0.2) is 0 Å². The number of aliphatic imine (C=N–C) groups is 1. The zero-order chi connectivity index (χ0) is 17.5. The van der Waals surface area contributed by atoms with Crippen molar-refractivity contribution in [3.05, 3.63) is 33.8 Å². The first-order valence-electron chi connectivity index (χ1n) is 8.12. The van der Waals surface area contributed by atoms with Gasteiger partial charge in [0.2, 0.25) is 0 Å². The molecule has 0 aromatic heterocycles. The van der Waals surface area contributed by atoms with E-state index in [1.807, 2.05) is 6.92 Å². The van der Waals surface area contributed by atoms with Crippen molar-refractivity contribution in [1.29, 1.82) is 0 Å². The third kappa shape index (κ3) is 4.88. The molecule has 1 aromatic rings. The third-order valence-electron chi connectivity index (χ3n) is 3.72. The average molecular weight is 389 g/mol. The lowest BCUT2D eigenvalue weighted by atomic mass is 10.1. The number of thioether (sulfide) groups is 1. The van der Waals surface area contributed by atoms with Crippen molar-refractivity contribution in [1.82, 2.24) is 4.90 Å². The summed E-state index contributed by atoms with van der Waals surface area (Å²) in [5.41, 5.74) is 0.423. The summed E-state index contributed by atoms with van der Waals surface area (Å²) in [6.45, 7) is 6.08. The Hall–Kier alpha value is -0.750. The van der Waals surface area contributed by atoms with Crippen LogP contribution in [0.2, 0.25) is 10.0 Å². The van der Waals surface area contributed by atoms with Gasteiger partial charge in [0.05, 0.1) is 10.6 Å². The number of rotatable bonds is 7. The SMILES string of the molecule is CCOCCCN=C1SCC(CC)N1C(=O)c1cc(Cl)ccc1Cl. The van der Waals surface area contributed by atoms with Gasteiger partial charge in [-0.3, -0.25) is 14.7 Å². The molecule has 2 rings (SSSR count). The second-order valence-electron chi connectivity index (χ2n) is 5.39. The van der Waals surface area contributed by atoms with Crippen molar-refractivity contribution in [2.24, 2.45) is 4.99 Å². The number of hydrogen-bond acceptors (Lipinski definition) is 4. The molecule has 0 spiro atoms. The summed E-state index contributed by atoms with van der Waals surface area (Å²) in [6, 6.07) is 5.08. The molecule has 7 heteroatoms. The van der Waals surface area contributed by atoms with Crippen molar-refractivity contribution in [3.63, 3.8) is 0 Å². The Morgan fingerprint density at radius 2 is 2.21 bits per heavy atom. The first-order chi connectivity index (χ1) is 11.6. The molecular weight excluding hydrogens is 367 g/mol. The normalized spacial score (nSPS) is 19.2. The molecular formula is C17H22Cl2N2O2S. The highest BCUT2D eigenvalue weighted by atomic mass is 35.5. The van der Waals surface area contributed by atoms with E-state index in [0.717, 1.165) is 23.8 Å². The van der Waals surface area contributed by atoms with E-state index in [0.29, 0.717) is 35.4 Å². The Morgan fingerprint density at radius 1 is 1.42 bits per heavy atom. The number of ether oxygens (including phenoxy) is 1. The number of hydrogen-bond donors (Lipinski definition) is 0. The van der Waals surface area contributed by atoms with E-state index in [1.54, 1.807) is 34.9 Å². The summed E-state index contributed by atoms with van der Waals surface area (Å²) in [6.07, 6.45) is 1.71. The van der Waals surface area contributed by atoms with Crippen LogP contribution in [-0.4, -0.2) is 47.5 Å². The molecule has 0 saturated carbocycles. The molecule has 1 aliphatic rings. The van der Waals surface area contributed by atoms with Crippen LogP contribution in [0.5, 0.6) is 0 Å². The van der Waals surface area contributed by atoms with Crippen LogP contribution in [0.4, 0.5) is 0 Å². The van der Waals surface area contributed by atoms with Gasteiger partial charge in [0.25, 0.3) is 5.91 Å². The maximum absolute atomic E-state index is 13.0. The summed E-state index contributed by atoms with van der Waals surface area (Å²) in [4.78, 5) is 19.4. The standard InChI is InChI=1S/C17H22Cl2N2O2S/c1-3-13-11-24-17(20-8-5-9-23-4-2)21(13)16(22)14-10-12(18)6-7-15(14)19/h6-7,10,13H,3-5,8-9,11H2,1-2H3. The Kier molecular flexibility index (Phi) is 7.88. The number of amides is 1. The fourth-order valence-corrected chi connectivity index (χ4v) is 4.07. The highest BCUT2D eigenvalue weighted by molar-refractivity contribution is 8.14. The predicted molar refractivity (Wildman–Crippen MR) is 103 cm³/mol. The van der Waals surface area contributed by atoms with E-state index >= 15 is 0 Å². The molecule has 1 atom stereocenters. The van der Waals surface area contributed by atoms with E-state index in [4.69, 9.17) is 27.9 Å². The molecule has 1 unspecified atom stereocenters. The van der Waals surface area contributed by atoms with E-state index in [-0.39, 0.29) is 11.9 Å². The number of halogens is 2. The number of carbonyl (C=O) groups excluding carboxylic acids is 1. The van der Waals surface area contributed by atoms with E-state index < -0.39 is 0 Å². The maximum atomic E-state index is 13.0. The van der Waals surface area contributed by atoms with Crippen LogP contribution in [0.1, 0.15) is 37.0 Å². The van der Waals surface area contributed by atoms with Crippen LogP contribution < -0.4 is 0 Å². The topological polar surface area (TPSA) is 41.9 Å². The molecule has 0 radical (unpaired) electrons. The minimum atomic E-state index is -0.136. The smallest absolute Gasteiger partial charge is 0.261 e. The van der Waals surface area contributed by atoms with Gasteiger partial charge in [-0.05, 0) is 38.0 Å². The van der Waals surface area contributed by atoms with Crippen molar-refractivity contribution < 1.29 is 9.53 Å². The van der Waals surface area contributed by atoms with Gasteiger partial charge in [-0.1, -0.05) is 41.9 Å². The summed E-state index contributed by atoms with van der Waals surface area (Å²) in [5, 5.41) is 1.67. The van der Waals surface area contributed by atoms with Crippen LogP contribution in [0.15, 0.2) is 23.2 Å². The third-order valence-corrected chi connectivity index (χ3v) is 5.42.